The van der Waals surface area contributed by atoms with E-state index in [0.717, 1.165) is 49.5 Å². The first-order chi connectivity index (χ1) is 11.7. The second-order valence-corrected chi connectivity index (χ2v) is 7.09. The molecule has 128 valence electrons. The van der Waals surface area contributed by atoms with Gasteiger partial charge >= 0.3 is 6.03 Å². The minimum atomic E-state index is 0.0118. The number of aryl methyl sites for hydroxylation is 1. The van der Waals surface area contributed by atoms with Crippen molar-refractivity contribution in [2.24, 2.45) is 0 Å². The largest absolute Gasteiger partial charge is 0.380 e. The van der Waals surface area contributed by atoms with Crippen LogP contribution in [0.5, 0.6) is 0 Å². The van der Waals surface area contributed by atoms with Crippen molar-refractivity contribution in [1.82, 2.24) is 9.27 Å². The number of carbonyl (C=O) groups excluding carboxylic acids is 1. The third kappa shape index (κ3) is 4.71. The average molecular weight is 344 g/mol. The van der Waals surface area contributed by atoms with Gasteiger partial charge < -0.3 is 15.5 Å². The number of carbonyl (C=O) groups is 1. The Kier molecular flexibility index (Phi) is 5.69. The molecule has 3 rings (SSSR count). The molecule has 2 heterocycles. The van der Waals surface area contributed by atoms with Gasteiger partial charge in [-0.3, -0.25) is 0 Å². The Hall–Kier alpha value is -2.08. The summed E-state index contributed by atoms with van der Waals surface area (Å²) < 4.78 is 4.28. The highest BCUT2D eigenvalue weighted by atomic mass is 32.1. The second kappa shape index (κ2) is 8.15. The summed E-state index contributed by atoms with van der Waals surface area (Å²) in [6, 6.07) is 9.97. The molecule has 1 fully saturated rings. The fraction of sp³-hybridized carbons (Fsp3) is 0.444. The molecule has 6 heteroatoms. The quantitative estimate of drug-likeness (QED) is 0.860. The molecular weight excluding hydrogens is 320 g/mol. The molecule has 1 aliphatic heterocycles. The number of nitrogens with zero attached hydrogens (tertiary/aromatic N) is 2. The summed E-state index contributed by atoms with van der Waals surface area (Å²) in [6.07, 6.45) is 4.66. The van der Waals surface area contributed by atoms with Gasteiger partial charge in [-0.05, 0) is 61.6 Å². The van der Waals surface area contributed by atoms with Gasteiger partial charge in [-0.15, -0.1) is 0 Å². The first-order valence-corrected chi connectivity index (χ1v) is 9.30. The summed E-state index contributed by atoms with van der Waals surface area (Å²) >= 11 is 1.52. The van der Waals surface area contributed by atoms with E-state index in [9.17, 15) is 4.79 Å². The molecule has 24 heavy (non-hydrogen) atoms. The maximum atomic E-state index is 12.3. The molecule has 1 aliphatic rings. The number of amides is 2. The van der Waals surface area contributed by atoms with Gasteiger partial charge in [0.15, 0.2) is 0 Å². The van der Waals surface area contributed by atoms with Crippen molar-refractivity contribution in [1.29, 1.82) is 0 Å². The minimum absolute atomic E-state index is 0.0118. The van der Waals surface area contributed by atoms with E-state index < -0.39 is 0 Å². The summed E-state index contributed by atoms with van der Waals surface area (Å²) in [4.78, 5) is 15.4. The first kappa shape index (κ1) is 16.8. The predicted octanol–water partition coefficient (Wildman–Crippen LogP) is 4.47. The third-order valence-corrected chi connectivity index (χ3v) is 5.05. The van der Waals surface area contributed by atoms with Crippen LogP contribution in [0, 0.1) is 6.92 Å². The standard InChI is InChI=1S/C18H24N4OS/c1-14-12-17(24-21-14)13-19-15-6-8-16(9-7-15)20-18(23)22-10-4-2-3-5-11-22/h6-9,12,19H,2-5,10-11,13H2,1H3,(H,20,23). The normalized spacial score (nSPS) is 15.0. The number of rotatable bonds is 4. The molecule has 0 unspecified atom stereocenters. The molecular formula is C18H24N4OS. The van der Waals surface area contributed by atoms with Crippen molar-refractivity contribution in [3.05, 3.63) is 40.9 Å². The molecule has 1 aromatic heterocycles. The lowest BCUT2D eigenvalue weighted by molar-refractivity contribution is 0.214. The monoisotopic (exact) mass is 344 g/mol. The van der Waals surface area contributed by atoms with Gasteiger partial charge in [0.25, 0.3) is 0 Å². The molecule has 1 saturated heterocycles. The van der Waals surface area contributed by atoms with Crippen LogP contribution >= 0.6 is 11.5 Å². The van der Waals surface area contributed by atoms with Crippen LogP contribution in [0.25, 0.3) is 0 Å². The van der Waals surface area contributed by atoms with E-state index >= 15 is 0 Å². The number of nitrogens with one attached hydrogen (secondary N) is 2. The van der Waals surface area contributed by atoms with Gasteiger partial charge in [0.05, 0.1) is 12.2 Å². The highest BCUT2D eigenvalue weighted by Gasteiger charge is 2.15. The Morgan fingerprint density at radius 2 is 1.79 bits per heavy atom. The molecule has 2 aromatic rings. The fourth-order valence-corrected chi connectivity index (χ4v) is 3.51. The molecule has 1 aromatic carbocycles. The van der Waals surface area contributed by atoms with Crippen molar-refractivity contribution >= 4 is 28.9 Å². The fourth-order valence-electron chi connectivity index (χ4n) is 2.84. The summed E-state index contributed by atoms with van der Waals surface area (Å²) in [5.41, 5.74) is 2.93. The van der Waals surface area contributed by atoms with E-state index in [2.05, 4.69) is 21.1 Å². The maximum Gasteiger partial charge on any atom is 0.321 e. The number of likely N-dealkylation sites (tertiary alicyclic amines) is 1. The average Bonchev–Trinajstić information content (AvgIpc) is 2.84. The van der Waals surface area contributed by atoms with Gasteiger partial charge in [-0.1, -0.05) is 12.8 Å². The molecule has 0 atom stereocenters. The SMILES string of the molecule is Cc1cc(CNc2ccc(NC(=O)N3CCCCCC3)cc2)sn1. The van der Waals surface area contributed by atoms with Crippen molar-refractivity contribution in [2.75, 3.05) is 23.7 Å². The van der Waals surface area contributed by atoms with Gasteiger partial charge in [0.1, 0.15) is 0 Å². The van der Waals surface area contributed by atoms with E-state index in [1.165, 1.54) is 29.3 Å². The van der Waals surface area contributed by atoms with Crippen molar-refractivity contribution in [3.8, 4) is 0 Å². The molecule has 0 saturated carbocycles. The lowest BCUT2D eigenvalue weighted by Crippen LogP contribution is -2.35. The Balaban J connectivity index is 1.51. The highest BCUT2D eigenvalue weighted by Crippen LogP contribution is 2.17. The molecule has 2 amide bonds. The summed E-state index contributed by atoms with van der Waals surface area (Å²) in [7, 11) is 0. The zero-order valence-electron chi connectivity index (χ0n) is 14.0. The Labute approximate surface area is 147 Å². The molecule has 0 spiro atoms. The maximum absolute atomic E-state index is 12.3. The van der Waals surface area contributed by atoms with Crippen LogP contribution in [-0.4, -0.2) is 28.4 Å². The number of benzene rings is 1. The Morgan fingerprint density at radius 1 is 1.12 bits per heavy atom. The molecule has 0 aliphatic carbocycles. The van der Waals surface area contributed by atoms with Crippen molar-refractivity contribution in [3.63, 3.8) is 0 Å². The van der Waals surface area contributed by atoms with E-state index in [1.807, 2.05) is 36.1 Å². The molecule has 5 nitrogen and oxygen atoms in total. The van der Waals surface area contributed by atoms with Crippen LogP contribution in [0.3, 0.4) is 0 Å². The first-order valence-electron chi connectivity index (χ1n) is 8.53. The van der Waals surface area contributed by atoms with Crippen LogP contribution in [0.1, 0.15) is 36.3 Å². The number of hydrogen-bond acceptors (Lipinski definition) is 4. The lowest BCUT2D eigenvalue weighted by atomic mass is 10.2. The minimum Gasteiger partial charge on any atom is -0.380 e. The third-order valence-electron chi connectivity index (χ3n) is 4.17. The van der Waals surface area contributed by atoms with Crippen LogP contribution < -0.4 is 10.6 Å². The van der Waals surface area contributed by atoms with E-state index in [0.29, 0.717) is 0 Å². The molecule has 2 N–H and O–H groups in total. The zero-order chi connectivity index (χ0) is 16.8. The second-order valence-electron chi connectivity index (χ2n) is 6.20. The Bertz CT molecular complexity index is 660. The molecule has 0 bridgehead atoms. The smallest absolute Gasteiger partial charge is 0.321 e. The highest BCUT2D eigenvalue weighted by molar-refractivity contribution is 7.05. The topological polar surface area (TPSA) is 57.3 Å². The number of hydrogen-bond donors (Lipinski definition) is 2. The van der Waals surface area contributed by atoms with Gasteiger partial charge in [0, 0.05) is 29.3 Å². The Morgan fingerprint density at radius 3 is 2.42 bits per heavy atom. The van der Waals surface area contributed by atoms with E-state index in [-0.39, 0.29) is 6.03 Å². The summed E-state index contributed by atoms with van der Waals surface area (Å²) in [6.45, 7) is 4.49. The predicted molar refractivity (Wildman–Crippen MR) is 99.7 cm³/mol. The van der Waals surface area contributed by atoms with Crippen LogP contribution in [0.2, 0.25) is 0 Å². The van der Waals surface area contributed by atoms with Crippen LogP contribution in [-0.2, 0) is 6.54 Å². The zero-order valence-corrected chi connectivity index (χ0v) is 14.9. The van der Waals surface area contributed by atoms with Crippen LogP contribution in [0.15, 0.2) is 30.3 Å². The number of aromatic nitrogens is 1. The van der Waals surface area contributed by atoms with E-state index in [1.54, 1.807) is 0 Å². The number of anilines is 2. The lowest BCUT2D eigenvalue weighted by Gasteiger charge is -2.20. The van der Waals surface area contributed by atoms with Gasteiger partial charge in [0.2, 0.25) is 0 Å². The summed E-state index contributed by atoms with van der Waals surface area (Å²) in [5.74, 6) is 0. The van der Waals surface area contributed by atoms with Gasteiger partial charge in [-0.2, -0.15) is 4.37 Å². The summed E-state index contributed by atoms with van der Waals surface area (Å²) in [5, 5.41) is 6.37. The molecule has 0 radical (unpaired) electrons. The van der Waals surface area contributed by atoms with Gasteiger partial charge in [-0.25, -0.2) is 4.79 Å². The number of urea groups is 1. The van der Waals surface area contributed by atoms with Crippen LogP contribution in [0.4, 0.5) is 16.2 Å². The van der Waals surface area contributed by atoms with Crippen molar-refractivity contribution < 1.29 is 4.79 Å². The van der Waals surface area contributed by atoms with E-state index in [4.69, 9.17) is 0 Å². The van der Waals surface area contributed by atoms with Crippen molar-refractivity contribution in [2.45, 2.75) is 39.2 Å².